The van der Waals surface area contributed by atoms with Crippen LogP contribution in [0.25, 0.3) is 0 Å². The Morgan fingerprint density at radius 2 is 1.57 bits per heavy atom. The Bertz CT molecular complexity index is 1420. The molecule has 1 unspecified atom stereocenters. The first kappa shape index (κ1) is 30.0. The molecule has 3 aromatic rings. The number of ether oxygens (including phenoxy) is 1. The van der Waals surface area contributed by atoms with Gasteiger partial charge in [-0.1, -0.05) is 36.4 Å². The van der Waals surface area contributed by atoms with Crippen molar-refractivity contribution in [3.05, 3.63) is 83.4 Å². The summed E-state index contributed by atoms with van der Waals surface area (Å²) in [6, 6.07) is 18.0. The van der Waals surface area contributed by atoms with E-state index in [1.807, 2.05) is 25.1 Å². The smallest absolute Gasteiger partial charge is 0.323 e. The van der Waals surface area contributed by atoms with E-state index in [0.29, 0.717) is 33.1 Å². The van der Waals surface area contributed by atoms with Crippen LogP contribution in [0.5, 0.6) is 0 Å². The number of rotatable bonds is 10. The first-order valence-corrected chi connectivity index (χ1v) is 13.9. The molecule has 0 aliphatic carbocycles. The molecule has 3 aromatic carbocycles. The van der Waals surface area contributed by atoms with Gasteiger partial charge in [0.2, 0.25) is 11.8 Å². The number of methoxy groups -OCH3 is 1. The van der Waals surface area contributed by atoms with Crippen LogP contribution in [0.1, 0.15) is 36.1 Å². The highest BCUT2D eigenvalue weighted by Gasteiger charge is 2.18. The minimum absolute atomic E-state index is 0.0124. The molecule has 0 saturated heterocycles. The van der Waals surface area contributed by atoms with Crippen LogP contribution in [0.15, 0.2) is 71.6 Å². The summed E-state index contributed by atoms with van der Waals surface area (Å²) < 4.78 is 17.1. The second kappa shape index (κ2) is 14.0. The van der Waals surface area contributed by atoms with Crippen molar-refractivity contribution < 1.29 is 28.1 Å². The van der Waals surface area contributed by atoms with E-state index in [1.54, 1.807) is 48.5 Å². The number of para-hydroxylation sites is 1. The molecular weight excluding hydrogens is 532 g/mol. The van der Waals surface area contributed by atoms with Gasteiger partial charge >= 0.3 is 12.0 Å². The lowest BCUT2D eigenvalue weighted by Gasteiger charge is -2.17. The van der Waals surface area contributed by atoms with Gasteiger partial charge in [-0.15, -0.1) is 0 Å². The lowest BCUT2D eigenvalue weighted by molar-refractivity contribution is -0.141. The minimum Gasteiger partial charge on any atom is -0.469 e. The number of carbonyl (C=O) groups is 4. The van der Waals surface area contributed by atoms with Crippen molar-refractivity contribution >= 4 is 51.7 Å². The maximum Gasteiger partial charge on any atom is 0.323 e. The van der Waals surface area contributed by atoms with Gasteiger partial charge in [0, 0.05) is 24.6 Å². The van der Waals surface area contributed by atoms with E-state index < -0.39 is 28.8 Å². The minimum atomic E-state index is -1.42. The summed E-state index contributed by atoms with van der Waals surface area (Å²) in [7, 11) is -0.147. The standard InChI is InChI=1S/C29H32N4O6S/c1-18-7-5-6-8-23(18)32-29(37)33-24-14-9-20(15-26(24)40(4)38)16-27(35)31-22-12-10-21(11-13-22)25(30-19(2)34)17-28(36)39-3/h5-15,25H,16-17H2,1-4H3,(H,30,34)(H,31,35)(H2,32,33,37)/t25?,40-/m1/s1. The van der Waals surface area contributed by atoms with Crippen LogP contribution < -0.4 is 21.3 Å². The van der Waals surface area contributed by atoms with Crippen molar-refractivity contribution in [3.63, 3.8) is 0 Å². The molecule has 3 rings (SSSR count). The Hall–Kier alpha value is -4.51. The fourth-order valence-electron chi connectivity index (χ4n) is 3.94. The Morgan fingerprint density at radius 1 is 0.900 bits per heavy atom. The Labute approximate surface area is 235 Å². The van der Waals surface area contributed by atoms with Gasteiger partial charge in [-0.05, 0) is 53.9 Å². The molecule has 0 spiro atoms. The molecular formula is C29H32N4O6S. The van der Waals surface area contributed by atoms with Crippen molar-refractivity contribution in [2.75, 3.05) is 29.3 Å². The number of aryl methyl sites for hydroxylation is 1. The van der Waals surface area contributed by atoms with Gasteiger partial charge in [0.1, 0.15) is 0 Å². The topological polar surface area (TPSA) is 143 Å². The SMILES string of the molecule is COC(=O)CC(NC(C)=O)c1ccc(NC(=O)Cc2ccc(NC(=O)Nc3ccccc3C)c([S@@](C)=O)c2)cc1. The maximum absolute atomic E-state index is 12.7. The second-order valence-electron chi connectivity index (χ2n) is 9.06. The number of anilines is 3. The second-order valence-corrected chi connectivity index (χ2v) is 10.4. The van der Waals surface area contributed by atoms with Crippen molar-refractivity contribution in [3.8, 4) is 0 Å². The van der Waals surface area contributed by atoms with Gasteiger partial charge in [0.25, 0.3) is 0 Å². The Morgan fingerprint density at radius 3 is 2.20 bits per heavy atom. The van der Waals surface area contributed by atoms with Crippen LogP contribution in [0.2, 0.25) is 0 Å². The molecule has 40 heavy (non-hydrogen) atoms. The third-order valence-electron chi connectivity index (χ3n) is 5.93. The molecule has 11 heteroatoms. The summed E-state index contributed by atoms with van der Waals surface area (Å²) in [4.78, 5) is 48.9. The number of hydrogen-bond donors (Lipinski definition) is 4. The van der Waals surface area contributed by atoms with Crippen LogP contribution in [0.3, 0.4) is 0 Å². The van der Waals surface area contributed by atoms with Gasteiger partial charge in [0.15, 0.2) is 0 Å². The first-order valence-electron chi connectivity index (χ1n) is 12.4. The van der Waals surface area contributed by atoms with E-state index in [-0.39, 0.29) is 24.7 Å². The number of carbonyl (C=O) groups excluding carboxylic acids is 4. The Kier molecular flexibility index (Phi) is 10.5. The summed E-state index contributed by atoms with van der Waals surface area (Å²) in [5, 5.41) is 11.0. The molecule has 4 amide bonds. The average molecular weight is 565 g/mol. The largest absolute Gasteiger partial charge is 0.469 e. The molecule has 0 aliphatic heterocycles. The first-order chi connectivity index (χ1) is 19.0. The van der Waals surface area contributed by atoms with Gasteiger partial charge in [-0.2, -0.15) is 0 Å². The van der Waals surface area contributed by atoms with Crippen LogP contribution >= 0.6 is 0 Å². The van der Waals surface area contributed by atoms with E-state index in [4.69, 9.17) is 4.74 Å². The molecule has 0 aliphatic rings. The lowest BCUT2D eigenvalue weighted by atomic mass is 10.0. The predicted octanol–water partition coefficient (Wildman–Crippen LogP) is 4.30. The van der Waals surface area contributed by atoms with Crippen LogP contribution in [0.4, 0.5) is 21.9 Å². The van der Waals surface area contributed by atoms with Gasteiger partial charge < -0.3 is 26.0 Å². The third-order valence-corrected chi connectivity index (χ3v) is 6.89. The highest BCUT2D eigenvalue weighted by molar-refractivity contribution is 7.84. The molecule has 0 aromatic heterocycles. The molecule has 10 nitrogen and oxygen atoms in total. The molecule has 210 valence electrons. The third kappa shape index (κ3) is 8.77. The van der Waals surface area contributed by atoms with Gasteiger partial charge in [-0.25, -0.2) is 4.79 Å². The van der Waals surface area contributed by atoms with Crippen molar-refractivity contribution in [1.82, 2.24) is 5.32 Å². The fourth-order valence-corrected chi connectivity index (χ4v) is 4.69. The normalized spacial score (nSPS) is 12.0. The highest BCUT2D eigenvalue weighted by atomic mass is 32.2. The van der Waals surface area contributed by atoms with E-state index >= 15 is 0 Å². The van der Waals surface area contributed by atoms with E-state index in [9.17, 15) is 23.4 Å². The zero-order valence-electron chi connectivity index (χ0n) is 22.7. The molecule has 0 radical (unpaired) electrons. The molecule has 0 fully saturated rings. The summed E-state index contributed by atoms with van der Waals surface area (Å²) in [6.45, 7) is 3.24. The average Bonchev–Trinajstić information content (AvgIpc) is 2.90. The number of hydrogen-bond acceptors (Lipinski definition) is 6. The maximum atomic E-state index is 12.7. The predicted molar refractivity (Wildman–Crippen MR) is 155 cm³/mol. The van der Waals surface area contributed by atoms with Gasteiger partial charge in [0.05, 0.1) is 47.4 Å². The number of amides is 4. The molecule has 4 N–H and O–H groups in total. The van der Waals surface area contributed by atoms with Crippen molar-refractivity contribution in [2.24, 2.45) is 0 Å². The molecule has 0 heterocycles. The lowest BCUT2D eigenvalue weighted by Crippen LogP contribution is -2.28. The van der Waals surface area contributed by atoms with E-state index in [1.165, 1.54) is 20.3 Å². The van der Waals surface area contributed by atoms with Crippen LogP contribution in [0, 0.1) is 6.92 Å². The number of esters is 1. The summed E-state index contributed by atoms with van der Waals surface area (Å²) >= 11 is 0. The molecule has 0 bridgehead atoms. The van der Waals surface area contributed by atoms with Crippen molar-refractivity contribution in [1.29, 1.82) is 0 Å². The Balaban J connectivity index is 1.65. The van der Waals surface area contributed by atoms with Gasteiger partial charge in [-0.3, -0.25) is 18.6 Å². The monoisotopic (exact) mass is 564 g/mol. The van der Waals surface area contributed by atoms with E-state index in [2.05, 4.69) is 21.3 Å². The quantitative estimate of drug-likeness (QED) is 0.271. The zero-order valence-corrected chi connectivity index (χ0v) is 23.5. The number of nitrogens with one attached hydrogen (secondary N) is 4. The molecule has 0 saturated carbocycles. The number of urea groups is 1. The van der Waals surface area contributed by atoms with Crippen molar-refractivity contribution in [2.45, 2.75) is 37.6 Å². The van der Waals surface area contributed by atoms with E-state index in [0.717, 1.165) is 5.56 Å². The highest BCUT2D eigenvalue weighted by Crippen LogP contribution is 2.23. The fraction of sp³-hybridized carbons (Fsp3) is 0.241. The van der Waals surface area contributed by atoms with Crippen LogP contribution in [-0.4, -0.2) is 41.4 Å². The molecule has 2 atom stereocenters. The van der Waals surface area contributed by atoms with Crippen LogP contribution in [-0.2, 0) is 36.3 Å². The summed E-state index contributed by atoms with van der Waals surface area (Å²) in [6.07, 6.45) is 1.49. The zero-order chi connectivity index (χ0) is 29.2. The summed E-state index contributed by atoms with van der Waals surface area (Å²) in [5.74, 6) is -1.05. The summed E-state index contributed by atoms with van der Waals surface area (Å²) in [5.41, 5.74) is 3.78. The number of benzene rings is 3.